The van der Waals surface area contributed by atoms with Crippen molar-refractivity contribution in [2.75, 3.05) is 14.1 Å². The molecule has 31 heavy (non-hydrogen) atoms. The van der Waals surface area contributed by atoms with Gasteiger partial charge in [0.1, 0.15) is 12.2 Å². The maximum atomic E-state index is 11.2. The van der Waals surface area contributed by atoms with Crippen molar-refractivity contribution in [2.45, 2.75) is 69.6 Å². The molecule has 3 rings (SSSR count). The molecule has 0 radical (unpaired) electrons. The number of ether oxygens (including phenoxy) is 2. The Labute approximate surface area is 184 Å². The molecule has 9 heteroatoms. The van der Waals surface area contributed by atoms with Gasteiger partial charge in [-0.15, -0.1) is 0 Å². The van der Waals surface area contributed by atoms with Crippen LogP contribution in [0.2, 0.25) is 0 Å². The Hall–Kier alpha value is -2.23. The molecule has 0 fully saturated rings. The molecule has 8 nitrogen and oxygen atoms in total. The highest BCUT2D eigenvalue weighted by molar-refractivity contribution is 7.85. The molecule has 1 aromatic carbocycles. The summed E-state index contributed by atoms with van der Waals surface area (Å²) in [6.45, 7) is 4.63. The maximum absolute atomic E-state index is 11.2. The number of rotatable bonds is 4. The Morgan fingerprint density at radius 2 is 1.32 bits per heavy atom. The summed E-state index contributed by atoms with van der Waals surface area (Å²) < 4.78 is 40.2. The third kappa shape index (κ3) is 7.45. The van der Waals surface area contributed by atoms with E-state index in [2.05, 4.69) is 19.0 Å². The van der Waals surface area contributed by atoms with Crippen molar-refractivity contribution < 1.29 is 32.0 Å². The second-order valence-corrected chi connectivity index (χ2v) is 9.65. The van der Waals surface area contributed by atoms with Gasteiger partial charge in [-0.1, -0.05) is 28.8 Å². The summed E-state index contributed by atoms with van der Waals surface area (Å²) in [5.41, 5.74) is 3.70. The van der Waals surface area contributed by atoms with E-state index in [1.165, 1.54) is 37.1 Å². The SMILES string of the molecule is CC(=O)O[C@H]1CC2=C(CC(N(C)C)C2)C[C@@H]1OC(C)=O.Cc1ccc(S(=O)(=O)O)cc1. The average molecular weight is 454 g/mol. The minimum atomic E-state index is -4.02. The van der Waals surface area contributed by atoms with Gasteiger partial charge in [0, 0.05) is 32.7 Å². The van der Waals surface area contributed by atoms with Gasteiger partial charge in [-0.25, -0.2) is 0 Å². The van der Waals surface area contributed by atoms with Crippen LogP contribution in [0.4, 0.5) is 0 Å². The summed E-state index contributed by atoms with van der Waals surface area (Å²) in [4.78, 5) is 24.6. The lowest BCUT2D eigenvalue weighted by Gasteiger charge is -2.31. The van der Waals surface area contributed by atoms with Crippen LogP contribution in [0.25, 0.3) is 0 Å². The van der Waals surface area contributed by atoms with E-state index in [4.69, 9.17) is 14.0 Å². The lowest BCUT2D eigenvalue weighted by Crippen LogP contribution is -2.37. The fourth-order valence-corrected chi connectivity index (χ4v) is 4.35. The lowest BCUT2D eigenvalue weighted by molar-refractivity contribution is -0.165. The predicted octanol–water partition coefficient (Wildman–Crippen LogP) is 2.91. The van der Waals surface area contributed by atoms with E-state index in [1.807, 2.05) is 6.92 Å². The van der Waals surface area contributed by atoms with Crippen LogP contribution in [0.3, 0.4) is 0 Å². The van der Waals surface area contributed by atoms with E-state index in [0.717, 1.165) is 18.4 Å². The van der Waals surface area contributed by atoms with E-state index in [0.29, 0.717) is 18.9 Å². The molecular formula is C22H31NO7S. The average Bonchev–Trinajstić information content (AvgIpc) is 3.04. The molecule has 1 aromatic rings. The molecule has 0 unspecified atom stereocenters. The molecule has 2 atom stereocenters. The van der Waals surface area contributed by atoms with Crippen LogP contribution >= 0.6 is 0 Å². The normalized spacial score (nSPS) is 21.3. The highest BCUT2D eigenvalue weighted by Gasteiger charge is 2.38. The zero-order valence-corrected chi connectivity index (χ0v) is 19.4. The molecule has 172 valence electrons. The molecule has 0 saturated heterocycles. The number of hydrogen-bond donors (Lipinski definition) is 1. The lowest BCUT2D eigenvalue weighted by atomic mass is 9.89. The molecule has 0 bridgehead atoms. The van der Waals surface area contributed by atoms with E-state index in [9.17, 15) is 18.0 Å². The van der Waals surface area contributed by atoms with Crippen molar-refractivity contribution >= 4 is 22.1 Å². The minimum absolute atomic E-state index is 0.0666. The number of carbonyl (C=O) groups excluding carboxylic acids is 2. The third-order valence-electron chi connectivity index (χ3n) is 5.46. The van der Waals surface area contributed by atoms with Crippen molar-refractivity contribution in [3.05, 3.63) is 41.0 Å². The van der Waals surface area contributed by atoms with Crippen LogP contribution in [0.15, 0.2) is 40.3 Å². The minimum Gasteiger partial charge on any atom is -0.458 e. The molecule has 0 amide bonds. The zero-order chi connectivity index (χ0) is 23.3. The van der Waals surface area contributed by atoms with Crippen LogP contribution in [0.1, 0.15) is 45.1 Å². The predicted molar refractivity (Wildman–Crippen MR) is 115 cm³/mol. The van der Waals surface area contributed by atoms with Crippen LogP contribution in [0, 0.1) is 6.92 Å². The highest BCUT2D eigenvalue weighted by atomic mass is 32.2. The second kappa shape index (κ2) is 10.4. The summed E-state index contributed by atoms with van der Waals surface area (Å²) in [7, 11) is 0.140. The van der Waals surface area contributed by atoms with Gasteiger partial charge in [-0.05, 0) is 46.0 Å². The first-order valence-electron chi connectivity index (χ1n) is 10.1. The summed E-state index contributed by atoms with van der Waals surface area (Å²) in [5, 5.41) is 0. The Balaban J connectivity index is 0.000000262. The molecule has 0 spiro atoms. The zero-order valence-electron chi connectivity index (χ0n) is 18.6. The fourth-order valence-electron chi connectivity index (χ4n) is 3.87. The van der Waals surface area contributed by atoms with Gasteiger partial charge >= 0.3 is 11.9 Å². The molecule has 2 aliphatic carbocycles. The number of aryl methyl sites for hydroxylation is 1. The van der Waals surface area contributed by atoms with Crippen LogP contribution in [-0.4, -0.2) is 62.2 Å². The Kier molecular flexibility index (Phi) is 8.39. The molecule has 1 N–H and O–H groups in total. The second-order valence-electron chi connectivity index (χ2n) is 8.22. The van der Waals surface area contributed by atoms with Gasteiger partial charge in [-0.3, -0.25) is 14.1 Å². The first-order valence-corrected chi connectivity index (χ1v) is 11.6. The molecule has 0 aliphatic heterocycles. The van der Waals surface area contributed by atoms with Gasteiger partial charge in [0.05, 0.1) is 4.90 Å². The monoisotopic (exact) mass is 453 g/mol. The number of carbonyl (C=O) groups is 2. The van der Waals surface area contributed by atoms with Crippen molar-refractivity contribution in [3.8, 4) is 0 Å². The van der Waals surface area contributed by atoms with Gasteiger partial charge in [0.25, 0.3) is 10.1 Å². The van der Waals surface area contributed by atoms with E-state index >= 15 is 0 Å². The maximum Gasteiger partial charge on any atom is 0.303 e. The number of hydrogen-bond acceptors (Lipinski definition) is 7. The van der Waals surface area contributed by atoms with Crippen molar-refractivity contribution in [1.82, 2.24) is 4.90 Å². The quantitative estimate of drug-likeness (QED) is 0.421. The van der Waals surface area contributed by atoms with Crippen molar-refractivity contribution in [3.63, 3.8) is 0 Å². The summed E-state index contributed by atoms with van der Waals surface area (Å²) in [5.74, 6) is -0.642. The van der Waals surface area contributed by atoms with Crippen LogP contribution in [-0.2, 0) is 29.2 Å². The standard InChI is InChI=1S/C15H23NO4.C7H8O3S/c1-9(17)19-14-7-11-5-13(16(3)4)6-12(11)8-15(14)20-10(2)18;1-6-2-4-7(5-3-6)11(8,9)10/h13-15H,5-8H2,1-4H3;2-5H,1H3,(H,8,9,10)/t14-,15-;/m0./s1. The van der Waals surface area contributed by atoms with Gasteiger partial charge in [0.15, 0.2) is 0 Å². The van der Waals surface area contributed by atoms with Gasteiger partial charge in [0.2, 0.25) is 0 Å². The molecule has 0 saturated carbocycles. The number of nitrogens with zero attached hydrogens (tertiary/aromatic N) is 1. The Bertz CT molecular complexity index is 899. The first kappa shape index (κ1) is 25.0. The van der Waals surface area contributed by atoms with Crippen LogP contribution < -0.4 is 0 Å². The molecular weight excluding hydrogens is 422 g/mol. The molecule has 2 aliphatic rings. The Morgan fingerprint density at radius 1 is 0.903 bits per heavy atom. The smallest absolute Gasteiger partial charge is 0.303 e. The molecule has 0 aromatic heterocycles. The highest BCUT2D eigenvalue weighted by Crippen LogP contribution is 2.40. The Morgan fingerprint density at radius 3 is 1.65 bits per heavy atom. The fraction of sp³-hybridized carbons (Fsp3) is 0.545. The van der Waals surface area contributed by atoms with E-state index in [-0.39, 0.29) is 29.0 Å². The largest absolute Gasteiger partial charge is 0.458 e. The summed E-state index contributed by atoms with van der Waals surface area (Å²) >= 11 is 0. The summed E-state index contributed by atoms with van der Waals surface area (Å²) in [6.07, 6.45) is 2.75. The van der Waals surface area contributed by atoms with Crippen LogP contribution in [0.5, 0.6) is 0 Å². The van der Waals surface area contributed by atoms with Crippen molar-refractivity contribution in [2.24, 2.45) is 0 Å². The topological polar surface area (TPSA) is 110 Å². The van der Waals surface area contributed by atoms with E-state index in [1.54, 1.807) is 12.1 Å². The molecule has 0 heterocycles. The third-order valence-corrected chi connectivity index (χ3v) is 6.33. The van der Waals surface area contributed by atoms with Gasteiger partial charge < -0.3 is 14.4 Å². The first-order chi connectivity index (χ1) is 14.4. The van der Waals surface area contributed by atoms with E-state index < -0.39 is 10.1 Å². The number of esters is 2. The summed E-state index contributed by atoms with van der Waals surface area (Å²) in [6, 6.07) is 6.50. The number of benzene rings is 1. The van der Waals surface area contributed by atoms with Gasteiger partial charge in [-0.2, -0.15) is 8.42 Å². The van der Waals surface area contributed by atoms with Crippen molar-refractivity contribution in [1.29, 1.82) is 0 Å².